The average Bonchev–Trinajstić information content (AvgIpc) is 3.19. The van der Waals surface area contributed by atoms with Gasteiger partial charge in [-0.05, 0) is 42.7 Å². The van der Waals surface area contributed by atoms with E-state index in [0.29, 0.717) is 16.8 Å². The number of halogens is 1. The summed E-state index contributed by atoms with van der Waals surface area (Å²) in [6.07, 6.45) is 4.95. The summed E-state index contributed by atoms with van der Waals surface area (Å²) in [5.74, 6) is -1.45. The van der Waals surface area contributed by atoms with E-state index in [0.717, 1.165) is 37.0 Å². The van der Waals surface area contributed by atoms with Gasteiger partial charge >= 0.3 is 5.97 Å². The van der Waals surface area contributed by atoms with E-state index in [-0.39, 0.29) is 16.5 Å². The number of carboxylic acid groups (broad SMARTS) is 1. The molecule has 1 unspecified atom stereocenters. The Hall–Kier alpha value is -2.46. The first kappa shape index (κ1) is 22.2. The highest BCUT2D eigenvalue weighted by molar-refractivity contribution is 7.92. The largest absolute Gasteiger partial charge is 0.495 e. The summed E-state index contributed by atoms with van der Waals surface area (Å²) < 4.78 is 46.8. The number of hydrogen-bond donors (Lipinski definition) is 2. The summed E-state index contributed by atoms with van der Waals surface area (Å²) in [5.41, 5.74) is 0.216. The molecule has 1 aromatic carbocycles. The van der Waals surface area contributed by atoms with Gasteiger partial charge in [0.2, 0.25) is 0 Å². The summed E-state index contributed by atoms with van der Waals surface area (Å²) in [7, 11) is -2.88. The van der Waals surface area contributed by atoms with Gasteiger partial charge in [-0.25, -0.2) is 14.2 Å². The van der Waals surface area contributed by atoms with Crippen molar-refractivity contribution in [1.29, 1.82) is 0 Å². The monoisotopic (exact) mass is 454 g/mol. The number of thiazole rings is 1. The zero-order valence-corrected chi connectivity index (χ0v) is 18.4. The van der Waals surface area contributed by atoms with Gasteiger partial charge in [0.15, 0.2) is 5.03 Å². The van der Waals surface area contributed by atoms with Crippen LogP contribution in [0.5, 0.6) is 5.75 Å². The second-order valence-electron chi connectivity index (χ2n) is 7.44. The summed E-state index contributed by atoms with van der Waals surface area (Å²) in [6.45, 7) is 4.40. The Morgan fingerprint density at radius 2 is 2.13 bits per heavy atom. The van der Waals surface area contributed by atoms with Crippen LogP contribution in [0.25, 0.3) is 5.57 Å². The fraction of sp³-hybridized carbons (Fsp3) is 0.400. The first-order valence-corrected chi connectivity index (χ1v) is 11.8. The van der Waals surface area contributed by atoms with Crippen LogP contribution in [0.4, 0.5) is 10.1 Å². The Bertz CT molecular complexity index is 1090. The highest BCUT2D eigenvalue weighted by Crippen LogP contribution is 2.36. The summed E-state index contributed by atoms with van der Waals surface area (Å²) in [5, 5.41) is 10.9. The molecule has 0 spiro atoms. The Balaban J connectivity index is 1.84. The Kier molecular flexibility index (Phi) is 6.47. The number of carboxylic acids is 1. The van der Waals surface area contributed by atoms with E-state index >= 15 is 0 Å². The molecule has 7 nitrogen and oxygen atoms in total. The molecule has 3 rings (SSSR count). The molecule has 0 saturated carbocycles. The van der Waals surface area contributed by atoms with Crippen LogP contribution < -0.4 is 9.46 Å². The molecule has 1 heterocycles. The Morgan fingerprint density at radius 3 is 2.70 bits per heavy atom. The molecule has 1 aromatic heterocycles. The molecule has 1 aliphatic carbocycles. The van der Waals surface area contributed by atoms with Crippen molar-refractivity contribution >= 4 is 38.6 Å². The van der Waals surface area contributed by atoms with E-state index in [1.54, 1.807) is 0 Å². The van der Waals surface area contributed by atoms with Crippen molar-refractivity contribution in [1.82, 2.24) is 4.98 Å². The molecule has 0 fully saturated rings. The van der Waals surface area contributed by atoms with Crippen molar-refractivity contribution in [3.63, 3.8) is 0 Å². The van der Waals surface area contributed by atoms with Crippen LogP contribution in [0.2, 0.25) is 0 Å². The van der Waals surface area contributed by atoms with E-state index < -0.39 is 27.4 Å². The first-order valence-electron chi connectivity index (χ1n) is 9.41. The van der Waals surface area contributed by atoms with Crippen LogP contribution in [0, 0.1) is 17.7 Å². The lowest BCUT2D eigenvalue weighted by atomic mass is 9.82. The zero-order chi connectivity index (χ0) is 22.1. The lowest BCUT2D eigenvalue weighted by Gasteiger charge is -2.24. The SMILES string of the molecule is COc1cc(C(=O)O)c(F)cc1NS(=O)(=O)c1csc(C2=CCC(C(C)C)CC2)n1. The van der Waals surface area contributed by atoms with E-state index in [2.05, 4.69) is 29.6 Å². The third-order valence-corrected chi connectivity index (χ3v) is 7.51. The number of rotatable bonds is 7. The average molecular weight is 455 g/mol. The molecule has 0 bridgehead atoms. The Labute approximate surface area is 178 Å². The molecule has 1 atom stereocenters. The molecule has 2 N–H and O–H groups in total. The number of nitrogens with zero attached hydrogens (tertiary/aromatic N) is 1. The van der Waals surface area contributed by atoms with E-state index in [1.807, 2.05) is 0 Å². The van der Waals surface area contributed by atoms with Crippen molar-refractivity contribution in [3.05, 3.63) is 40.0 Å². The maximum atomic E-state index is 14.0. The normalized spacial score (nSPS) is 17.0. The van der Waals surface area contributed by atoms with Crippen LogP contribution in [-0.2, 0) is 10.0 Å². The van der Waals surface area contributed by atoms with Gasteiger partial charge in [0.1, 0.15) is 16.6 Å². The van der Waals surface area contributed by atoms with Crippen LogP contribution in [-0.4, -0.2) is 31.6 Å². The third kappa shape index (κ3) is 4.65. The van der Waals surface area contributed by atoms with Crippen molar-refractivity contribution in [2.24, 2.45) is 11.8 Å². The molecule has 1 aliphatic rings. The van der Waals surface area contributed by atoms with Gasteiger partial charge in [-0.3, -0.25) is 4.72 Å². The van der Waals surface area contributed by atoms with Gasteiger partial charge in [-0.15, -0.1) is 11.3 Å². The number of ether oxygens (including phenoxy) is 1. The van der Waals surface area contributed by atoms with Crippen molar-refractivity contribution in [2.45, 2.75) is 38.1 Å². The van der Waals surface area contributed by atoms with Crippen LogP contribution in [0.1, 0.15) is 48.5 Å². The number of methoxy groups -OCH3 is 1. The molecule has 2 aromatic rings. The lowest BCUT2D eigenvalue weighted by molar-refractivity contribution is 0.0691. The quantitative estimate of drug-likeness (QED) is 0.632. The minimum absolute atomic E-state index is 0.109. The second kappa shape index (κ2) is 8.73. The van der Waals surface area contributed by atoms with Crippen molar-refractivity contribution < 1.29 is 27.4 Å². The minimum atomic E-state index is -4.11. The van der Waals surface area contributed by atoms with Gasteiger partial charge in [0.05, 0.1) is 18.4 Å². The second-order valence-corrected chi connectivity index (χ2v) is 9.93. The van der Waals surface area contributed by atoms with Gasteiger partial charge < -0.3 is 9.84 Å². The number of benzene rings is 1. The van der Waals surface area contributed by atoms with Crippen molar-refractivity contribution in [2.75, 3.05) is 11.8 Å². The molecule has 0 aliphatic heterocycles. The number of aromatic carboxylic acids is 1. The minimum Gasteiger partial charge on any atom is -0.495 e. The van der Waals surface area contributed by atoms with Gasteiger partial charge in [-0.1, -0.05) is 19.9 Å². The van der Waals surface area contributed by atoms with E-state index in [9.17, 15) is 17.6 Å². The number of sulfonamides is 1. The van der Waals surface area contributed by atoms with Gasteiger partial charge in [0, 0.05) is 11.4 Å². The molecular formula is C20H23FN2O5S2. The molecule has 30 heavy (non-hydrogen) atoms. The van der Waals surface area contributed by atoms with Crippen LogP contribution in [0.15, 0.2) is 28.6 Å². The lowest BCUT2D eigenvalue weighted by Crippen LogP contribution is -2.15. The molecule has 162 valence electrons. The summed E-state index contributed by atoms with van der Waals surface area (Å²) in [4.78, 5) is 15.3. The maximum Gasteiger partial charge on any atom is 0.338 e. The van der Waals surface area contributed by atoms with E-state index in [4.69, 9.17) is 9.84 Å². The predicted octanol–water partition coefficient (Wildman–Crippen LogP) is 4.63. The molecule has 0 saturated heterocycles. The van der Waals surface area contributed by atoms with Crippen LogP contribution in [0.3, 0.4) is 0 Å². The van der Waals surface area contributed by atoms with Crippen molar-refractivity contribution in [3.8, 4) is 5.75 Å². The summed E-state index contributed by atoms with van der Waals surface area (Å²) >= 11 is 1.24. The van der Waals surface area contributed by atoms with Gasteiger partial charge in [0.25, 0.3) is 10.0 Å². The number of nitrogens with one attached hydrogen (secondary N) is 1. The first-order chi connectivity index (χ1) is 14.1. The zero-order valence-electron chi connectivity index (χ0n) is 16.8. The Morgan fingerprint density at radius 1 is 1.40 bits per heavy atom. The molecular weight excluding hydrogens is 431 g/mol. The maximum absolute atomic E-state index is 14.0. The fourth-order valence-corrected chi connectivity index (χ4v) is 5.57. The van der Waals surface area contributed by atoms with Crippen LogP contribution >= 0.6 is 11.3 Å². The van der Waals surface area contributed by atoms with E-state index in [1.165, 1.54) is 23.8 Å². The number of hydrogen-bond acceptors (Lipinski definition) is 6. The summed E-state index contributed by atoms with van der Waals surface area (Å²) in [6, 6.07) is 1.71. The standard InChI is InChI=1S/C20H23FN2O5S2/c1-11(2)12-4-6-13(7-5-12)19-22-18(10-29-19)30(26,27)23-16-9-15(21)14(20(24)25)8-17(16)28-3/h6,8-12,23H,4-5,7H2,1-3H3,(H,24,25). The third-order valence-electron chi connectivity index (χ3n) is 5.19. The predicted molar refractivity (Wildman–Crippen MR) is 113 cm³/mol. The van der Waals surface area contributed by atoms with Gasteiger partial charge in [-0.2, -0.15) is 8.42 Å². The molecule has 0 amide bonds. The highest BCUT2D eigenvalue weighted by atomic mass is 32.2. The fourth-order valence-electron chi connectivity index (χ4n) is 3.35. The molecule has 0 radical (unpaired) electrons. The number of aromatic nitrogens is 1. The number of carbonyl (C=O) groups is 1. The molecule has 10 heteroatoms. The number of allylic oxidation sites excluding steroid dienone is 2. The number of anilines is 1. The highest BCUT2D eigenvalue weighted by Gasteiger charge is 2.25. The topological polar surface area (TPSA) is 106 Å². The smallest absolute Gasteiger partial charge is 0.338 e.